The number of piperidine rings is 1. The summed E-state index contributed by atoms with van der Waals surface area (Å²) in [6.07, 6.45) is 4.90. The van der Waals surface area contributed by atoms with E-state index in [0.29, 0.717) is 17.4 Å². The molecular weight excluding hydrogens is 358 g/mol. The summed E-state index contributed by atoms with van der Waals surface area (Å²) < 4.78 is 0. The monoisotopic (exact) mass is 383 g/mol. The number of fused-ring (bicyclic) bond motifs is 1. The van der Waals surface area contributed by atoms with Crippen molar-refractivity contribution in [3.05, 3.63) is 47.0 Å². The number of likely N-dealkylation sites (tertiary alicyclic amines) is 1. The zero-order valence-electron chi connectivity index (χ0n) is 16.0. The Labute approximate surface area is 165 Å². The van der Waals surface area contributed by atoms with Gasteiger partial charge in [0.05, 0.1) is 10.5 Å². The third-order valence-electron chi connectivity index (χ3n) is 5.93. The second-order valence-electron chi connectivity index (χ2n) is 8.20. The summed E-state index contributed by atoms with van der Waals surface area (Å²) in [5.41, 5.74) is 2.26. The molecule has 4 nitrogen and oxygen atoms in total. The minimum absolute atomic E-state index is 0.136. The average molecular weight is 384 g/mol. The van der Waals surface area contributed by atoms with E-state index in [0.717, 1.165) is 55.7 Å². The molecule has 27 heavy (non-hydrogen) atoms. The van der Waals surface area contributed by atoms with Crippen LogP contribution in [0.5, 0.6) is 0 Å². The van der Waals surface area contributed by atoms with Crippen LogP contribution in [0.15, 0.2) is 42.0 Å². The zero-order valence-corrected chi connectivity index (χ0v) is 16.8. The van der Waals surface area contributed by atoms with E-state index < -0.39 is 0 Å². The van der Waals surface area contributed by atoms with Gasteiger partial charge in [-0.1, -0.05) is 35.4 Å². The Balaban J connectivity index is 1.46. The lowest BCUT2D eigenvalue weighted by Gasteiger charge is -2.39. The number of hydrogen-bond donors (Lipinski definition) is 0. The molecule has 1 amide bonds. The molecule has 2 aromatic rings. The SMILES string of the molecule is CC(C)=CCN1CC2(CCN(c3ccc4cccc(Cl)c4n3)CC2)CC1=O. The predicted octanol–water partition coefficient (Wildman–Crippen LogP) is 4.67. The molecule has 0 atom stereocenters. The van der Waals surface area contributed by atoms with Crippen molar-refractivity contribution in [3.63, 3.8) is 0 Å². The molecule has 5 heteroatoms. The number of para-hydroxylation sites is 1. The standard InChI is InChI=1S/C22H26ClN3O/c1-16(2)8-11-26-15-22(14-20(26)27)9-12-25(13-10-22)19-7-6-17-4-3-5-18(23)21(17)24-19/h3-8H,9-15H2,1-2H3. The Morgan fingerprint density at radius 2 is 2.00 bits per heavy atom. The quantitative estimate of drug-likeness (QED) is 0.722. The van der Waals surface area contributed by atoms with Crippen LogP contribution in [0.25, 0.3) is 10.9 Å². The average Bonchev–Trinajstić information content (AvgIpc) is 2.96. The van der Waals surface area contributed by atoms with Gasteiger partial charge in [0.2, 0.25) is 5.91 Å². The summed E-state index contributed by atoms with van der Waals surface area (Å²) in [4.78, 5) is 21.6. The van der Waals surface area contributed by atoms with Gasteiger partial charge in [0.1, 0.15) is 5.82 Å². The maximum Gasteiger partial charge on any atom is 0.223 e. The van der Waals surface area contributed by atoms with Crippen LogP contribution in [-0.2, 0) is 4.79 Å². The van der Waals surface area contributed by atoms with Gasteiger partial charge in [0, 0.05) is 43.4 Å². The van der Waals surface area contributed by atoms with Crippen molar-refractivity contribution in [2.45, 2.75) is 33.1 Å². The van der Waals surface area contributed by atoms with Gasteiger partial charge in [-0.15, -0.1) is 0 Å². The van der Waals surface area contributed by atoms with Gasteiger partial charge >= 0.3 is 0 Å². The maximum absolute atomic E-state index is 12.5. The number of nitrogens with zero attached hydrogens (tertiary/aromatic N) is 3. The molecule has 0 saturated carbocycles. The fourth-order valence-electron chi connectivity index (χ4n) is 4.26. The van der Waals surface area contributed by atoms with Crippen LogP contribution in [0.2, 0.25) is 5.02 Å². The van der Waals surface area contributed by atoms with Crippen molar-refractivity contribution < 1.29 is 4.79 Å². The molecule has 2 aliphatic heterocycles. The highest BCUT2D eigenvalue weighted by molar-refractivity contribution is 6.35. The zero-order chi connectivity index (χ0) is 19.0. The predicted molar refractivity (Wildman–Crippen MR) is 111 cm³/mol. The van der Waals surface area contributed by atoms with E-state index in [1.807, 2.05) is 23.1 Å². The number of anilines is 1. The fourth-order valence-corrected chi connectivity index (χ4v) is 4.49. The van der Waals surface area contributed by atoms with Crippen LogP contribution in [0, 0.1) is 5.41 Å². The lowest BCUT2D eigenvalue weighted by molar-refractivity contribution is -0.127. The molecule has 1 spiro atoms. The van der Waals surface area contributed by atoms with Crippen molar-refractivity contribution in [1.82, 2.24) is 9.88 Å². The molecule has 0 unspecified atom stereocenters. The molecule has 0 bridgehead atoms. The molecule has 3 heterocycles. The van der Waals surface area contributed by atoms with Crippen molar-refractivity contribution in [3.8, 4) is 0 Å². The van der Waals surface area contributed by atoms with Gasteiger partial charge in [-0.25, -0.2) is 4.98 Å². The summed E-state index contributed by atoms with van der Waals surface area (Å²) in [7, 11) is 0. The normalized spacial score (nSPS) is 19.1. The highest BCUT2D eigenvalue weighted by atomic mass is 35.5. The van der Waals surface area contributed by atoms with Crippen molar-refractivity contribution in [2.75, 3.05) is 31.1 Å². The number of allylic oxidation sites excluding steroid dienone is 1. The van der Waals surface area contributed by atoms with Gasteiger partial charge < -0.3 is 9.80 Å². The van der Waals surface area contributed by atoms with E-state index in [-0.39, 0.29) is 5.41 Å². The molecule has 0 aliphatic carbocycles. The first-order valence-corrected chi connectivity index (χ1v) is 10.0. The van der Waals surface area contributed by atoms with E-state index in [1.54, 1.807) is 0 Å². The number of rotatable bonds is 3. The molecule has 2 aliphatic rings. The number of carbonyl (C=O) groups is 1. The highest BCUT2D eigenvalue weighted by Crippen LogP contribution is 2.41. The van der Waals surface area contributed by atoms with E-state index in [2.05, 4.69) is 37.0 Å². The van der Waals surface area contributed by atoms with Crippen LogP contribution in [0.1, 0.15) is 33.1 Å². The summed E-state index contributed by atoms with van der Waals surface area (Å²) in [5.74, 6) is 1.28. The summed E-state index contributed by atoms with van der Waals surface area (Å²) in [5, 5.41) is 1.76. The number of amides is 1. The Bertz CT molecular complexity index is 896. The van der Waals surface area contributed by atoms with Crippen LogP contribution in [0.4, 0.5) is 5.82 Å². The third kappa shape index (κ3) is 3.68. The van der Waals surface area contributed by atoms with Crippen molar-refractivity contribution in [2.24, 2.45) is 5.41 Å². The molecule has 1 aromatic carbocycles. The van der Waals surface area contributed by atoms with Gasteiger partial charge in [-0.2, -0.15) is 0 Å². The minimum atomic E-state index is 0.136. The molecule has 1 aromatic heterocycles. The van der Waals surface area contributed by atoms with Crippen LogP contribution >= 0.6 is 11.6 Å². The maximum atomic E-state index is 12.5. The first-order chi connectivity index (χ1) is 13.0. The van der Waals surface area contributed by atoms with Crippen molar-refractivity contribution >= 4 is 34.2 Å². The Morgan fingerprint density at radius 1 is 1.22 bits per heavy atom. The Hall–Kier alpha value is -2.07. The highest BCUT2D eigenvalue weighted by Gasteiger charge is 2.44. The molecular formula is C22H26ClN3O. The smallest absolute Gasteiger partial charge is 0.223 e. The Kier molecular flexibility index (Phi) is 4.85. The topological polar surface area (TPSA) is 36.4 Å². The third-order valence-corrected chi connectivity index (χ3v) is 6.23. The first kappa shape index (κ1) is 18.3. The second kappa shape index (κ2) is 7.16. The molecule has 142 valence electrons. The lowest BCUT2D eigenvalue weighted by atomic mass is 9.77. The molecule has 2 fully saturated rings. The van der Waals surface area contributed by atoms with Crippen molar-refractivity contribution in [1.29, 1.82) is 0 Å². The Morgan fingerprint density at radius 3 is 2.74 bits per heavy atom. The first-order valence-electron chi connectivity index (χ1n) is 9.67. The number of benzene rings is 1. The van der Waals surface area contributed by atoms with E-state index >= 15 is 0 Å². The van der Waals surface area contributed by atoms with E-state index in [9.17, 15) is 4.79 Å². The minimum Gasteiger partial charge on any atom is -0.357 e. The number of aromatic nitrogens is 1. The molecule has 0 radical (unpaired) electrons. The molecule has 4 rings (SSSR count). The summed E-state index contributed by atoms with van der Waals surface area (Å²) >= 11 is 6.32. The van der Waals surface area contributed by atoms with Crippen LogP contribution in [0.3, 0.4) is 0 Å². The number of pyridine rings is 1. The number of carbonyl (C=O) groups excluding carboxylic acids is 1. The van der Waals surface area contributed by atoms with Gasteiger partial charge in [-0.05, 0) is 44.9 Å². The summed E-state index contributed by atoms with van der Waals surface area (Å²) in [6, 6.07) is 10.0. The van der Waals surface area contributed by atoms with E-state index in [4.69, 9.17) is 16.6 Å². The van der Waals surface area contributed by atoms with Gasteiger partial charge in [-0.3, -0.25) is 4.79 Å². The van der Waals surface area contributed by atoms with Crippen LogP contribution < -0.4 is 4.90 Å². The summed E-state index contributed by atoms with van der Waals surface area (Å²) in [6.45, 7) is 7.67. The fraction of sp³-hybridized carbons (Fsp3) is 0.455. The van der Waals surface area contributed by atoms with Gasteiger partial charge in [0.15, 0.2) is 0 Å². The molecule has 0 N–H and O–H groups in total. The molecule has 2 saturated heterocycles. The van der Waals surface area contributed by atoms with Crippen LogP contribution in [-0.4, -0.2) is 42.0 Å². The second-order valence-corrected chi connectivity index (χ2v) is 8.61. The number of halogens is 1. The van der Waals surface area contributed by atoms with Gasteiger partial charge in [0.25, 0.3) is 0 Å². The lowest BCUT2D eigenvalue weighted by Crippen LogP contribution is -2.42. The number of hydrogen-bond acceptors (Lipinski definition) is 3. The van der Waals surface area contributed by atoms with E-state index in [1.165, 1.54) is 5.57 Å². The largest absolute Gasteiger partial charge is 0.357 e.